The molecule has 4 rings (SSSR count). The van der Waals surface area contributed by atoms with Crippen molar-refractivity contribution < 1.29 is 13.2 Å². The first-order valence-electron chi connectivity index (χ1n) is 9.61. The fourth-order valence-electron chi connectivity index (χ4n) is 3.92. The summed E-state index contributed by atoms with van der Waals surface area (Å²) in [7, 11) is -3.80. The van der Waals surface area contributed by atoms with Gasteiger partial charge >= 0.3 is 0 Å². The minimum Gasteiger partial charge on any atom is -0.358 e. The molecular formula is C21H24N4O3S. The van der Waals surface area contributed by atoms with Crippen molar-refractivity contribution in [3.63, 3.8) is 0 Å². The summed E-state index contributed by atoms with van der Waals surface area (Å²) < 4.78 is 23.0. The van der Waals surface area contributed by atoms with Gasteiger partial charge in [-0.05, 0) is 55.1 Å². The fourth-order valence-corrected chi connectivity index (χ4v) is 4.48. The van der Waals surface area contributed by atoms with Gasteiger partial charge in [0.2, 0.25) is 15.9 Å². The van der Waals surface area contributed by atoms with Crippen LogP contribution in [0, 0.1) is 0 Å². The van der Waals surface area contributed by atoms with Crippen LogP contribution in [0.1, 0.15) is 24.5 Å². The highest BCUT2D eigenvalue weighted by Crippen LogP contribution is 2.29. The lowest BCUT2D eigenvalue weighted by molar-refractivity contribution is -0.117. The van der Waals surface area contributed by atoms with Crippen molar-refractivity contribution in [2.75, 3.05) is 25.0 Å². The minimum absolute atomic E-state index is 0.0212. The van der Waals surface area contributed by atoms with Crippen molar-refractivity contribution in [3.05, 3.63) is 60.3 Å². The van der Waals surface area contributed by atoms with E-state index in [1.165, 1.54) is 23.2 Å². The quantitative estimate of drug-likeness (QED) is 0.599. The van der Waals surface area contributed by atoms with E-state index in [-0.39, 0.29) is 17.3 Å². The van der Waals surface area contributed by atoms with Crippen LogP contribution in [0.4, 0.5) is 5.69 Å². The Bertz CT molecular complexity index is 1110. The molecular weight excluding hydrogens is 388 g/mol. The number of nitrogens with one attached hydrogen (secondary N) is 2. The third-order valence-electron chi connectivity index (χ3n) is 5.31. The molecule has 0 bridgehead atoms. The molecule has 0 radical (unpaired) electrons. The Morgan fingerprint density at radius 2 is 2.00 bits per heavy atom. The molecule has 1 aromatic heterocycles. The van der Waals surface area contributed by atoms with Crippen LogP contribution in [-0.4, -0.2) is 43.8 Å². The molecule has 3 aromatic rings. The van der Waals surface area contributed by atoms with E-state index in [1.807, 2.05) is 12.1 Å². The van der Waals surface area contributed by atoms with E-state index in [0.717, 1.165) is 31.4 Å². The van der Waals surface area contributed by atoms with Gasteiger partial charge in [0.15, 0.2) is 0 Å². The smallest absolute Gasteiger partial charge is 0.238 e. The largest absolute Gasteiger partial charge is 0.358 e. The van der Waals surface area contributed by atoms with Crippen LogP contribution in [0.5, 0.6) is 0 Å². The van der Waals surface area contributed by atoms with Gasteiger partial charge in [-0.2, -0.15) is 0 Å². The normalized spacial score (nSPS) is 18.0. The number of anilines is 1. The molecule has 1 amide bonds. The van der Waals surface area contributed by atoms with E-state index in [9.17, 15) is 13.2 Å². The van der Waals surface area contributed by atoms with Crippen LogP contribution < -0.4 is 10.5 Å². The zero-order chi connectivity index (χ0) is 20.4. The molecule has 1 fully saturated rings. The Morgan fingerprint density at radius 3 is 2.79 bits per heavy atom. The van der Waals surface area contributed by atoms with Crippen molar-refractivity contribution >= 4 is 32.5 Å². The van der Waals surface area contributed by atoms with Crippen molar-refractivity contribution in [3.8, 4) is 0 Å². The number of H-pyrrole nitrogens is 1. The molecule has 4 N–H and O–H groups in total. The number of para-hydroxylation sites is 1. The zero-order valence-corrected chi connectivity index (χ0v) is 16.8. The van der Waals surface area contributed by atoms with E-state index in [0.29, 0.717) is 11.6 Å². The molecule has 152 valence electrons. The third kappa shape index (κ3) is 4.67. The van der Waals surface area contributed by atoms with Crippen molar-refractivity contribution in [2.24, 2.45) is 5.14 Å². The predicted molar refractivity (Wildman–Crippen MR) is 113 cm³/mol. The molecule has 0 saturated carbocycles. The second kappa shape index (κ2) is 7.98. The summed E-state index contributed by atoms with van der Waals surface area (Å²) in [5, 5.41) is 9.12. The summed E-state index contributed by atoms with van der Waals surface area (Å²) in [6.45, 7) is 1.93. The number of sulfonamides is 1. The number of fused-ring (bicyclic) bond motifs is 1. The van der Waals surface area contributed by atoms with E-state index in [1.54, 1.807) is 12.1 Å². The number of carbonyl (C=O) groups excluding carboxylic acids is 1. The monoisotopic (exact) mass is 412 g/mol. The maximum absolute atomic E-state index is 12.5. The van der Waals surface area contributed by atoms with Gasteiger partial charge in [0.05, 0.1) is 11.4 Å². The van der Waals surface area contributed by atoms with Crippen LogP contribution in [0.25, 0.3) is 10.9 Å². The van der Waals surface area contributed by atoms with Gasteiger partial charge in [-0.1, -0.05) is 24.3 Å². The molecule has 0 aliphatic carbocycles. The zero-order valence-electron chi connectivity index (χ0n) is 16.0. The Labute approximate surface area is 169 Å². The van der Waals surface area contributed by atoms with Crippen LogP contribution in [0.15, 0.2) is 59.5 Å². The highest BCUT2D eigenvalue weighted by molar-refractivity contribution is 7.89. The minimum atomic E-state index is -3.80. The first-order valence-corrected chi connectivity index (χ1v) is 11.2. The molecule has 1 atom stereocenters. The van der Waals surface area contributed by atoms with Crippen molar-refractivity contribution in [1.82, 2.24) is 9.88 Å². The van der Waals surface area contributed by atoms with Gasteiger partial charge in [0, 0.05) is 29.4 Å². The van der Waals surface area contributed by atoms with Gasteiger partial charge in [-0.3, -0.25) is 9.69 Å². The number of piperidine rings is 1. The van der Waals surface area contributed by atoms with E-state index in [4.69, 9.17) is 5.14 Å². The number of hydrogen-bond donors (Lipinski definition) is 3. The number of primary sulfonamides is 1. The molecule has 1 aliphatic heterocycles. The highest BCUT2D eigenvalue weighted by Gasteiger charge is 2.24. The lowest BCUT2D eigenvalue weighted by atomic mass is 9.95. The van der Waals surface area contributed by atoms with Gasteiger partial charge in [0.25, 0.3) is 0 Å². The van der Waals surface area contributed by atoms with Crippen molar-refractivity contribution in [1.29, 1.82) is 0 Å². The first-order chi connectivity index (χ1) is 13.9. The van der Waals surface area contributed by atoms with Gasteiger partial charge in [-0.25, -0.2) is 13.6 Å². The molecule has 0 spiro atoms. The van der Waals surface area contributed by atoms with Crippen LogP contribution in [0.2, 0.25) is 0 Å². The lowest BCUT2D eigenvalue weighted by Crippen LogP contribution is -2.39. The standard InChI is InChI=1S/C21H24N4O3S/c22-29(27,28)18-8-3-7-17(12-18)23-21(26)14-25-10-4-6-16(13-25)20-11-15-5-1-2-9-19(15)24-20/h1-3,5,7-9,11-12,16,24H,4,6,10,13-14H2,(H,23,26)(H2,22,27,28)/t16-/m1/s1. The highest BCUT2D eigenvalue weighted by atomic mass is 32.2. The van der Waals surface area contributed by atoms with E-state index >= 15 is 0 Å². The SMILES string of the molecule is NS(=O)(=O)c1cccc(NC(=O)CN2CCC[C@@H](c3cc4ccccc4[nH]3)C2)c1. The third-order valence-corrected chi connectivity index (χ3v) is 6.22. The second-order valence-electron chi connectivity index (χ2n) is 7.51. The molecule has 0 unspecified atom stereocenters. The number of likely N-dealkylation sites (tertiary alicyclic amines) is 1. The second-order valence-corrected chi connectivity index (χ2v) is 9.07. The van der Waals surface area contributed by atoms with Crippen molar-refractivity contribution in [2.45, 2.75) is 23.7 Å². The molecule has 29 heavy (non-hydrogen) atoms. The fraction of sp³-hybridized carbons (Fsp3) is 0.286. The Morgan fingerprint density at radius 1 is 1.17 bits per heavy atom. The Kier molecular flexibility index (Phi) is 5.40. The summed E-state index contributed by atoms with van der Waals surface area (Å²) in [5.41, 5.74) is 2.76. The van der Waals surface area contributed by atoms with Crippen LogP contribution in [0.3, 0.4) is 0 Å². The number of rotatable bonds is 5. The number of carbonyl (C=O) groups is 1. The number of hydrogen-bond acceptors (Lipinski definition) is 4. The summed E-state index contributed by atoms with van der Waals surface area (Å²) in [5.74, 6) is 0.184. The van der Waals surface area contributed by atoms with E-state index in [2.05, 4.69) is 33.4 Å². The van der Waals surface area contributed by atoms with Crippen LogP contribution in [-0.2, 0) is 14.8 Å². The molecule has 1 aliphatic rings. The summed E-state index contributed by atoms with van der Waals surface area (Å²) >= 11 is 0. The molecule has 1 saturated heterocycles. The number of nitrogens with zero attached hydrogens (tertiary/aromatic N) is 1. The number of amides is 1. The van der Waals surface area contributed by atoms with Gasteiger partial charge < -0.3 is 10.3 Å². The number of nitrogens with two attached hydrogens (primary N) is 1. The average Bonchev–Trinajstić information content (AvgIpc) is 3.12. The average molecular weight is 413 g/mol. The maximum atomic E-state index is 12.5. The summed E-state index contributed by atoms with van der Waals surface area (Å²) in [4.78, 5) is 18.1. The Hall–Kier alpha value is -2.68. The number of aromatic nitrogens is 1. The molecule has 7 nitrogen and oxygen atoms in total. The van der Waals surface area contributed by atoms with Gasteiger partial charge in [0.1, 0.15) is 0 Å². The lowest BCUT2D eigenvalue weighted by Gasteiger charge is -2.31. The molecule has 8 heteroatoms. The Balaban J connectivity index is 1.39. The predicted octanol–water partition coefficient (Wildman–Crippen LogP) is 2.63. The number of aromatic amines is 1. The van der Waals surface area contributed by atoms with Gasteiger partial charge in [-0.15, -0.1) is 0 Å². The molecule has 2 aromatic carbocycles. The summed E-state index contributed by atoms with van der Waals surface area (Å²) in [6.07, 6.45) is 2.11. The molecule has 2 heterocycles. The topological polar surface area (TPSA) is 108 Å². The van der Waals surface area contributed by atoms with E-state index < -0.39 is 10.0 Å². The maximum Gasteiger partial charge on any atom is 0.238 e. The number of benzene rings is 2. The first kappa shape index (κ1) is 19.6. The van der Waals surface area contributed by atoms with Crippen LogP contribution >= 0.6 is 0 Å². The summed E-state index contributed by atoms with van der Waals surface area (Å²) in [6, 6.07) is 16.4.